The fraction of sp³-hybridized carbons (Fsp3) is 0.571. The van der Waals surface area contributed by atoms with Crippen LogP contribution < -0.4 is 5.32 Å². The number of nitrogens with zero attached hydrogens (tertiary/aromatic N) is 1. The molecule has 1 N–H and O–H groups in total. The summed E-state index contributed by atoms with van der Waals surface area (Å²) in [5.74, 6) is -0.0247. The van der Waals surface area contributed by atoms with E-state index in [1.165, 1.54) is 18.7 Å². The number of aromatic nitrogens is 1. The lowest BCUT2D eigenvalue weighted by Gasteiger charge is -2.34. The van der Waals surface area contributed by atoms with Crippen LogP contribution in [0.2, 0.25) is 0 Å². The number of rotatable bonds is 2. The van der Waals surface area contributed by atoms with Crippen molar-refractivity contribution >= 4 is 5.91 Å². The van der Waals surface area contributed by atoms with Gasteiger partial charge >= 0.3 is 0 Å². The fourth-order valence-electron chi connectivity index (χ4n) is 2.59. The smallest absolute Gasteiger partial charge is 0.256 e. The van der Waals surface area contributed by atoms with Crippen molar-refractivity contribution in [3.05, 3.63) is 29.8 Å². The van der Waals surface area contributed by atoms with Crippen molar-refractivity contribution in [1.29, 1.82) is 0 Å². The Kier molecular flexibility index (Phi) is 3.94. The van der Waals surface area contributed by atoms with Crippen LogP contribution in [0.15, 0.2) is 18.3 Å². The molecule has 3 nitrogen and oxygen atoms in total. The number of hydrogen-bond donors (Lipinski definition) is 1. The lowest BCUT2D eigenvalue weighted by molar-refractivity contribution is 0.0886. The molecule has 1 amide bonds. The highest BCUT2D eigenvalue weighted by molar-refractivity contribution is 5.94. The molecular weight excluding hydrogens is 231 g/mol. The Morgan fingerprint density at radius 3 is 2.94 bits per heavy atom. The SMILES string of the molecule is CC1CCCC(NC(=O)c2cccnc2F)C1C. The molecule has 0 aromatic carbocycles. The second-order valence-corrected chi connectivity index (χ2v) is 5.19. The number of halogens is 1. The second kappa shape index (κ2) is 5.46. The number of carbonyl (C=O) groups excluding carboxylic acids is 1. The monoisotopic (exact) mass is 250 g/mol. The van der Waals surface area contributed by atoms with Crippen LogP contribution in [0, 0.1) is 17.8 Å². The third-order valence-corrected chi connectivity index (χ3v) is 4.03. The first-order valence-corrected chi connectivity index (χ1v) is 6.51. The minimum Gasteiger partial charge on any atom is -0.349 e. The van der Waals surface area contributed by atoms with E-state index in [1.807, 2.05) is 0 Å². The van der Waals surface area contributed by atoms with E-state index in [0.717, 1.165) is 12.8 Å². The number of carbonyl (C=O) groups is 1. The van der Waals surface area contributed by atoms with Gasteiger partial charge in [0.1, 0.15) is 0 Å². The van der Waals surface area contributed by atoms with Gasteiger partial charge in [0.2, 0.25) is 5.95 Å². The fourth-order valence-corrected chi connectivity index (χ4v) is 2.59. The zero-order valence-electron chi connectivity index (χ0n) is 10.8. The summed E-state index contributed by atoms with van der Waals surface area (Å²) in [5.41, 5.74) is 0.0305. The molecule has 1 aliphatic carbocycles. The minimum atomic E-state index is -0.702. The van der Waals surface area contributed by atoms with Crippen LogP contribution in [0.5, 0.6) is 0 Å². The molecule has 0 aliphatic heterocycles. The molecular formula is C14H19FN2O. The third-order valence-electron chi connectivity index (χ3n) is 4.03. The number of hydrogen-bond acceptors (Lipinski definition) is 2. The Morgan fingerprint density at radius 1 is 1.44 bits per heavy atom. The van der Waals surface area contributed by atoms with Crippen LogP contribution in [0.4, 0.5) is 4.39 Å². The molecule has 1 heterocycles. The van der Waals surface area contributed by atoms with Crippen molar-refractivity contribution in [2.75, 3.05) is 0 Å². The highest BCUT2D eigenvalue weighted by Crippen LogP contribution is 2.29. The van der Waals surface area contributed by atoms with Gasteiger partial charge in [-0.25, -0.2) is 4.98 Å². The molecule has 1 aromatic rings. The molecule has 4 heteroatoms. The Labute approximate surface area is 107 Å². The van der Waals surface area contributed by atoms with Gasteiger partial charge in [0.05, 0.1) is 5.56 Å². The first kappa shape index (κ1) is 13.0. The van der Waals surface area contributed by atoms with Gasteiger partial charge in [0.15, 0.2) is 0 Å². The molecule has 1 saturated carbocycles. The summed E-state index contributed by atoms with van der Waals surface area (Å²) in [6.07, 6.45) is 4.64. The zero-order valence-corrected chi connectivity index (χ0v) is 10.8. The third kappa shape index (κ3) is 2.68. The first-order valence-electron chi connectivity index (χ1n) is 6.51. The maximum absolute atomic E-state index is 13.4. The summed E-state index contributed by atoms with van der Waals surface area (Å²) in [5, 5.41) is 2.94. The zero-order chi connectivity index (χ0) is 13.1. The minimum absolute atomic E-state index is 0.0305. The highest BCUT2D eigenvalue weighted by Gasteiger charge is 2.28. The molecule has 18 heavy (non-hydrogen) atoms. The quantitative estimate of drug-likeness (QED) is 0.820. The van der Waals surface area contributed by atoms with Crippen molar-refractivity contribution in [2.45, 2.75) is 39.2 Å². The van der Waals surface area contributed by atoms with Gasteiger partial charge in [0.25, 0.3) is 5.91 Å². The Hall–Kier alpha value is -1.45. The Morgan fingerprint density at radius 2 is 2.22 bits per heavy atom. The Balaban J connectivity index is 2.05. The molecule has 98 valence electrons. The largest absolute Gasteiger partial charge is 0.349 e. The molecule has 0 bridgehead atoms. The van der Waals surface area contributed by atoms with Gasteiger partial charge < -0.3 is 5.32 Å². The lowest BCUT2D eigenvalue weighted by Crippen LogP contribution is -2.44. The van der Waals surface area contributed by atoms with Gasteiger partial charge in [-0.05, 0) is 30.4 Å². The van der Waals surface area contributed by atoms with E-state index >= 15 is 0 Å². The molecule has 3 unspecified atom stereocenters. The van der Waals surface area contributed by atoms with Gasteiger partial charge in [0, 0.05) is 12.2 Å². The molecule has 0 saturated heterocycles. The van der Waals surface area contributed by atoms with Crippen molar-refractivity contribution in [3.63, 3.8) is 0 Å². The van der Waals surface area contributed by atoms with E-state index < -0.39 is 5.95 Å². The summed E-state index contributed by atoms with van der Waals surface area (Å²) < 4.78 is 13.4. The topological polar surface area (TPSA) is 42.0 Å². The van der Waals surface area contributed by atoms with E-state index in [0.29, 0.717) is 11.8 Å². The van der Waals surface area contributed by atoms with E-state index in [1.54, 1.807) is 6.07 Å². The summed E-state index contributed by atoms with van der Waals surface area (Å²) in [7, 11) is 0. The number of amides is 1. The predicted octanol–water partition coefficient (Wildman–Crippen LogP) is 2.78. The lowest BCUT2D eigenvalue weighted by atomic mass is 9.78. The van der Waals surface area contributed by atoms with Crippen molar-refractivity contribution in [3.8, 4) is 0 Å². The molecule has 3 atom stereocenters. The van der Waals surface area contributed by atoms with Gasteiger partial charge in [-0.1, -0.05) is 26.7 Å². The van der Waals surface area contributed by atoms with Crippen LogP contribution in [0.3, 0.4) is 0 Å². The van der Waals surface area contributed by atoms with E-state index in [9.17, 15) is 9.18 Å². The summed E-state index contributed by atoms with van der Waals surface area (Å²) >= 11 is 0. The standard InChI is InChI=1S/C14H19FN2O/c1-9-5-3-7-12(10(9)2)17-14(18)11-6-4-8-16-13(11)15/h4,6,8-10,12H,3,5,7H2,1-2H3,(H,17,18). The van der Waals surface area contributed by atoms with Crippen molar-refractivity contribution in [1.82, 2.24) is 10.3 Å². The van der Waals surface area contributed by atoms with Gasteiger partial charge in [-0.2, -0.15) is 4.39 Å². The predicted molar refractivity (Wildman–Crippen MR) is 67.6 cm³/mol. The average molecular weight is 250 g/mol. The molecule has 1 aromatic heterocycles. The molecule has 0 spiro atoms. The summed E-state index contributed by atoms with van der Waals surface area (Å²) in [6, 6.07) is 3.18. The molecule has 2 rings (SSSR count). The Bertz CT molecular complexity index is 436. The average Bonchev–Trinajstić information content (AvgIpc) is 2.35. The van der Waals surface area contributed by atoms with Crippen LogP contribution >= 0.6 is 0 Å². The summed E-state index contributed by atoms with van der Waals surface area (Å²) in [6.45, 7) is 4.35. The normalized spacial score (nSPS) is 27.8. The van der Waals surface area contributed by atoms with Crippen molar-refractivity contribution in [2.24, 2.45) is 11.8 Å². The van der Waals surface area contributed by atoms with E-state index in [2.05, 4.69) is 24.1 Å². The van der Waals surface area contributed by atoms with E-state index in [4.69, 9.17) is 0 Å². The van der Waals surface area contributed by atoms with Crippen molar-refractivity contribution < 1.29 is 9.18 Å². The second-order valence-electron chi connectivity index (χ2n) is 5.19. The van der Waals surface area contributed by atoms with Gasteiger partial charge in [-0.15, -0.1) is 0 Å². The van der Waals surface area contributed by atoms with Gasteiger partial charge in [-0.3, -0.25) is 4.79 Å². The molecule has 1 fully saturated rings. The van der Waals surface area contributed by atoms with E-state index in [-0.39, 0.29) is 17.5 Å². The maximum atomic E-state index is 13.4. The molecule has 0 radical (unpaired) electrons. The summed E-state index contributed by atoms with van der Waals surface area (Å²) in [4.78, 5) is 15.5. The van der Waals surface area contributed by atoms with Crippen LogP contribution in [0.25, 0.3) is 0 Å². The van der Waals surface area contributed by atoms with Crippen LogP contribution in [-0.4, -0.2) is 16.9 Å². The van der Waals surface area contributed by atoms with Crippen LogP contribution in [0.1, 0.15) is 43.5 Å². The van der Waals surface area contributed by atoms with Crippen LogP contribution in [-0.2, 0) is 0 Å². The number of pyridine rings is 1. The number of nitrogens with one attached hydrogen (secondary N) is 1. The first-order chi connectivity index (χ1) is 8.59. The maximum Gasteiger partial charge on any atom is 0.256 e. The molecule has 1 aliphatic rings. The highest BCUT2D eigenvalue weighted by atomic mass is 19.1.